The predicted molar refractivity (Wildman–Crippen MR) is 119 cm³/mol. The van der Waals surface area contributed by atoms with Gasteiger partial charge in [-0.25, -0.2) is 0 Å². The van der Waals surface area contributed by atoms with Crippen molar-refractivity contribution in [2.24, 2.45) is 5.41 Å². The summed E-state index contributed by atoms with van der Waals surface area (Å²) in [5, 5.41) is 5.69. The molecule has 174 valence electrons. The number of fused-ring (bicyclic) bond motifs is 1. The van der Waals surface area contributed by atoms with E-state index < -0.39 is 11.4 Å². The third kappa shape index (κ3) is 5.29. The molecule has 3 rings (SSSR count). The Bertz CT molecular complexity index is 915. The smallest absolute Gasteiger partial charge is 0.321 e. The lowest BCUT2D eigenvalue weighted by molar-refractivity contribution is -0.158. The van der Waals surface area contributed by atoms with Gasteiger partial charge in [0.1, 0.15) is 5.41 Å². The maximum absolute atomic E-state index is 13.0. The third-order valence-corrected chi connectivity index (χ3v) is 5.78. The molecule has 3 amide bonds. The highest BCUT2D eigenvalue weighted by Crippen LogP contribution is 2.49. The number of hydrogen-bond acceptors (Lipinski definition) is 5. The number of nitrogens with one attached hydrogen (secondary N) is 2. The highest BCUT2D eigenvalue weighted by Gasteiger charge is 2.59. The van der Waals surface area contributed by atoms with Gasteiger partial charge in [-0.05, 0) is 64.2 Å². The Morgan fingerprint density at radius 2 is 1.88 bits per heavy atom. The van der Waals surface area contributed by atoms with Gasteiger partial charge in [0, 0.05) is 37.2 Å². The highest BCUT2D eigenvalue weighted by atomic mass is 16.5. The molecule has 0 bridgehead atoms. The second-order valence-electron chi connectivity index (χ2n) is 9.53. The van der Waals surface area contributed by atoms with Gasteiger partial charge in [0.2, 0.25) is 11.8 Å². The molecular weight excluding hydrogens is 410 g/mol. The van der Waals surface area contributed by atoms with Crippen LogP contribution in [0, 0.1) is 5.41 Å². The molecule has 1 aliphatic carbocycles. The molecule has 0 saturated heterocycles. The zero-order valence-electron chi connectivity index (χ0n) is 19.4. The van der Waals surface area contributed by atoms with Gasteiger partial charge in [0.15, 0.2) is 0 Å². The quantitative estimate of drug-likeness (QED) is 0.495. The fourth-order valence-corrected chi connectivity index (χ4v) is 4.06. The van der Waals surface area contributed by atoms with Crippen LogP contribution in [-0.2, 0) is 32.1 Å². The molecule has 8 heteroatoms. The Morgan fingerprint density at radius 3 is 2.50 bits per heavy atom. The number of ether oxygens (including phenoxy) is 1. The topological polar surface area (TPSA) is 105 Å². The fourth-order valence-electron chi connectivity index (χ4n) is 4.06. The molecule has 1 fully saturated rings. The number of carbonyl (C=O) groups is 4. The first kappa shape index (κ1) is 23.8. The van der Waals surface area contributed by atoms with Gasteiger partial charge in [0.05, 0.1) is 6.61 Å². The van der Waals surface area contributed by atoms with Gasteiger partial charge in [-0.15, -0.1) is 0 Å². The standard InChI is InChI=1S/C24H33N3O5/c1-5-32-22(31)24(11-12-24)21(30)27-14-10-17-16(15-27)7-6-8-18(17)20(29)25-13-9-19(28)26-23(2,3)4/h6-8H,5,9-15H2,1-4H3,(H,25,29)(H,26,28). The lowest BCUT2D eigenvalue weighted by Crippen LogP contribution is -2.44. The number of amides is 3. The van der Waals surface area contributed by atoms with Crippen molar-refractivity contribution < 1.29 is 23.9 Å². The number of esters is 1. The van der Waals surface area contributed by atoms with E-state index in [1.54, 1.807) is 24.0 Å². The molecule has 1 saturated carbocycles. The largest absolute Gasteiger partial charge is 0.465 e. The summed E-state index contributed by atoms with van der Waals surface area (Å²) < 4.78 is 5.11. The Morgan fingerprint density at radius 1 is 1.16 bits per heavy atom. The van der Waals surface area contributed by atoms with Crippen LogP contribution in [0.2, 0.25) is 0 Å². The Balaban J connectivity index is 1.62. The second-order valence-corrected chi connectivity index (χ2v) is 9.53. The average molecular weight is 444 g/mol. The van der Waals surface area contributed by atoms with Crippen LogP contribution in [0.15, 0.2) is 18.2 Å². The first-order valence-corrected chi connectivity index (χ1v) is 11.2. The lowest BCUT2D eigenvalue weighted by atomic mass is 9.92. The van der Waals surface area contributed by atoms with Crippen molar-refractivity contribution in [2.45, 2.75) is 65.5 Å². The monoisotopic (exact) mass is 443 g/mol. The molecule has 0 unspecified atom stereocenters. The van der Waals surface area contributed by atoms with E-state index in [1.165, 1.54) is 0 Å². The molecular formula is C24H33N3O5. The number of hydrogen-bond donors (Lipinski definition) is 2. The minimum atomic E-state index is -1.02. The molecule has 1 heterocycles. The van der Waals surface area contributed by atoms with Crippen molar-refractivity contribution >= 4 is 23.7 Å². The van der Waals surface area contributed by atoms with Crippen LogP contribution in [0.4, 0.5) is 0 Å². The molecule has 1 aliphatic heterocycles. The van der Waals surface area contributed by atoms with Crippen LogP contribution in [0.3, 0.4) is 0 Å². The van der Waals surface area contributed by atoms with Crippen LogP contribution in [-0.4, -0.2) is 53.8 Å². The van der Waals surface area contributed by atoms with Gasteiger partial charge < -0.3 is 20.3 Å². The van der Waals surface area contributed by atoms with E-state index in [-0.39, 0.29) is 42.8 Å². The number of nitrogens with zero attached hydrogens (tertiary/aromatic N) is 1. The van der Waals surface area contributed by atoms with Crippen molar-refractivity contribution in [3.8, 4) is 0 Å². The summed E-state index contributed by atoms with van der Waals surface area (Å²) >= 11 is 0. The molecule has 0 atom stereocenters. The number of benzene rings is 1. The van der Waals surface area contributed by atoms with E-state index >= 15 is 0 Å². The predicted octanol–water partition coefficient (Wildman–Crippen LogP) is 1.95. The van der Waals surface area contributed by atoms with Crippen LogP contribution < -0.4 is 10.6 Å². The zero-order chi connectivity index (χ0) is 23.5. The summed E-state index contributed by atoms with van der Waals surface area (Å²) in [7, 11) is 0. The Hall–Kier alpha value is -2.90. The van der Waals surface area contributed by atoms with Crippen LogP contribution in [0.1, 0.15) is 68.4 Å². The van der Waals surface area contributed by atoms with Gasteiger partial charge in [-0.2, -0.15) is 0 Å². The SMILES string of the molecule is CCOC(=O)C1(C(=O)N2CCc3c(cccc3C(=O)NCCC(=O)NC(C)(C)C)C2)CC1. The van der Waals surface area contributed by atoms with Crippen molar-refractivity contribution in [1.29, 1.82) is 0 Å². The molecule has 1 aromatic carbocycles. The van der Waals surface area contributed by atoms with Gasteiger partial charge >= 0.3 is 5.97 Å². The number of rotatable bonds is 7. The zero-order valence-corrected chi connectivity index (χ0v) is 19.4. The van der Waals surface area contributed by atoms with Crippen molar-refractivity contribution in [2.75, 3.05) is 19.7 Å². The first-order valence-electron chi connectivity index (χ1n) is 11.2. The maximum atomic E-state index is 13.0. The summed E-state index contributed by atoms with van der Waals surface area (Å²) in [5.41, 5.74) is 1.06. The molecule has 0 aromatic heterocycles. The van der Waals surface area contributed by atoms with E-state index in [4.69, 9.17) is 4.74 Å². The van der Waals surface area contributed by atoms with Crippen LogP contribution >= 0.6 is 0 Å². The van der Waals surface area contributed by atoms with Crippen molar-refractivity contribution in [3.05, 3.63) is 34.9 Å². The second kappa shape index (κ2) is 9.30. The van der Waals surface area contributed by atoms with Crippen LogP contribution in [0.5, 0.6) is 0 Å². The molecule has 8 nitrogen and oxygen atoms in total. The summed E-state index contributed by atoms with van der Waals surface area (Å²) in [4.78, 5) is 51.7. The van der Waals surface area contributed by atoms with Crippen molar-refractivity contribution in [3.63, 3.8) is 0 Å². The number of carbonyl (C=O) groups excluding carboxylic acids is 4. The van der Waals surface area contributed by atoms with E-state index in [9.17, 15) is 19.2 Å². The van der Waals surface area contributed by atoms with E-state index in [1.807, 2.05) is 26.8 Å². The normalized spacial score (nSPS) is 16.6. The van der Waals surface area contributed by atoms with Gasteiger partial charge in [0.25, 0.3) is 5.91 Å². The first-order chi connectivity index (χ1) is 15.1. The highest BCUT2D eigenvalue weighted by molar-refractivity contribution is 6.05. The van der Waals surface area contributed by atoms with E-state index in [0.717, 1.165) is 11.1 Å². The molecule has 2 N–H and O–H groups in total. The minimum absolute atomic E-state index is 0.113. The molecule has 32 heavy (non-hydrogen) atoms. The summed E-state index contributed by atoms with van der Waals surface area (Å²) in [6, 6.07) is 5.47. The average Bonchev–Trinajstić information content (AvgIpc) is 3.53. The third-order valence-electron chi connectivity index (χ3n) is 5.78. The maximum Gasteiger partial charge on any atom is 0.321 e. The van der Waals surface area contributed by atoms with Crippen molar-refractivity contribution in [1.82, 2.24) is 15.5 Å². The summed E-state index contributed by atoms with van der Waals surface area (Å²) in [6.07, 6.45) is 1.79. The van der Waals surface area contributed by atoms with Gasteiger partial charge in [-0.3, -0.25) is 19.2 Å². The fraction of sp³-hybridized carbons (Fsp3) is 0.583. The summed E-state index contributed by atoms with van der Waals surface area (Å²) in [6.45, 7) is 8.78. The van der Waals surface area contributed by atoms with Gasteiger partial charge in [-0.1, -0.05) is 12.1 Å². The Kier molecular flexibility index (Phi) is 6.91. The molecule has 0 radical (unpaired) electrons. The molecule has 1 aromatic rings. The molecule has 2 aliphatic rings. The summed E-state index contributed by atoms with van der Waals surface area (Å²) in [5.74, 6) is -0.950. The Labute approximate surface area is 189 Å². The molecule has 0 spiro atoms. The van der Waals surface area contributed by atoms with E-state index in [0.29, 0.717) is 37.9 Å². The minimum Gasteiger partial charge on any atom is -0.465 e. The lowest BCUT2D eigenvalue weighted by Gasteiger charge is -2.32. The van der Waals surface area contributed by atoms with E-state index in [2.05, 4.69) is 10.6 Å². The van der Waals surface area contributed by atoms with Crippen LogP contribution in [0.25, 0.3) is 0 Å².